The summed E-state index contributed by atoms with van der Waals surface area (Å²) >= 11 is 1.06. The van der Waals surface area contributed by atoms with Crippen LogP contribution in [-0.2, 0) is 7.05 Å². The zero-order chi connectivity index (χ0) is 13.3. The van der Waals surface area contributed by atoms with E-state index in [4.69, 9.17) is 5.11 Å². The summed E-state index contributed by atoms with van der Waals surface area (Å²) < 4.78 is 1.70. The number of amides is 1. The lowest BCUT2D eigenvalue weighted by molar-refractivity contribution is 0.0701. The molecule has 0 spiro atoms. The maximum Gasteiger partial charge on any atom is 0.346 e. The number of nitrogens with one attached hydrogen (secondary N) is 1. The molecule has 0 aromatic carbocycles. The third kappa shape index (κ3) is 2.28. The number of aromatic carboxylic acids is 1. The van der Waals surface area contributed by atoms with E-state index in [0.29, 0.717) is 16.3 Å². The van der Waals surface area contributed by atoms with E-state index in [-0.39, 0.29) is 10.8 Å². The molecule has 0 fully saturated rings. The monoisotopic (exact) mass is 264 g/mol. The molecular weight excluding hydrogens is 252 g/mol. The smallest absolute Gasteiger partial charge is 0.346 e. The van der Waals surface area contributed by atoms with E-state index in [9.17, 15) is 9.59 Å². The van der Waals surface area contributed by atoms with E-state index >= 15 is 0 Å². The van der Waals surface area contributed by atoms with Crippen molar-refractivity contribution < 1.29 is 14.7 Å². The van der Waals surface area contributed by atoms with Crippen LogP contribution in [0.3, 0.4) is 0 Å². The molecule has 1 amide bonds. The third-order valence-corrected chi connectivity index (χ3v) is 3.67. The predicted molar refractivity (Wildman–Crippen MR) is 69.4 cm³/mol. The van der Waals surface area contributed by atoms with Crippen molar-refractivity contribution in [2.45, 2.75) is 6.92 Å². The lowest BCUT2D eigenvalue weighted by Crippen LogP contribution is -2.14. The fraction of sp³-hybridized carbons (Fsp3) is 0.167. The molecule has 2 heterocycles. The first kappa shape index (κ1) is 12.4. The van der Waals surface area contributed by atoms with Gasteiger partial charge in [-0.15, -0.1) is 11.3 Å². The highest BCUT2D eigenvalue weighted by molar-refractivity contribution is 7.18. The van der Waals surface area contributed by atoms with Crippen molar-refractivity contribution in [1.29, 1.82) is 0 Å². The largest absolute Gasteiger partial charge is 0.477 e. The fourth-order valence-corrected chi connectivity index (χ4v) is 2.54. The molecule has 2 rings (SSSR count). The van der Waals surface area contributed by atoms with E-state index in [0.717, 1.165) is 11.3 Å². The first-order chi connectivity index (χ1) is 8.49. The molecule has 2 aromatic rings. The first-order valence-corrected chi connectivity index (χ1v) is 6.07. The number of aromatic nitrogens is 1. The highest BCUT2D eigenvalue weighted by atomic mass is 32.1. The van der Waals surface area contributed by atoms with Gasteiger partial charge in [0, 0.05) is 13.2 Å². The fourth-order valence-electron chi connectivity index (χ4n) is 1.63. The average Bonchev–Trinajstić information content (AvgIpc) is 2.84. The van der Waals surface area contributed by atoms with Crippen LogP contribution in [0.2, 0.25) is 0 Å². The first-order valence-electron chi connectivity index (χ1n) is 5.25. The maximum absolute atomic E-state index is 11.9. The van der Waals surface area contributed by atoms with Crippen molar-refractivity contribution in [3.05, 3.63) is 40.5 Å². The molecule has 0 aliphatic heterocycles. The van der Waals surface area contributed by atoms with E-state index in [1.807, 2.05) is 0 Å². The summed E-state index contributed by atoms with van der Waals surface area (Å²) in [6.45, 7) is 1.71. The van der Waals surface area contributed by atoms with Gasteiger partial charge in [-0.1, -0.05) is 0 Å². The molecule has 0 aliphatic rings. The Morgan fingerprint density at radius 2 is 2.17 bits per heavy atom. The molecule has 2 aromatic heterocycles. The second-order valence-corrected chi connectivity index (χ2v) is 4.94. The minimum atomic E-state index is -0.975. The number of carbonyl (C=O) groups excluding carboxylic acids is 1. The zero-order valence-electron chi connectivity index (χ0n) is 9.93. The van der Waals surface area contributed by atoms with Crippen molar-refractivity contribution in [2.24, 2.45) is 7.05 Å². The number of thiophene rings is 1. The molecule has 94 valence electrons. The average molecular weight is 264 g/mol. The summed E-state index contributed by atoms with van der Waals surface area (Å²) in [5.74, 6) is -1.22. The van der Waals surface area contributed by atoms with Gasteiger partial charge in [-0.2, -0.15) is 0 Å². The molecule has 6 heteroatoms. The SMILES string of the molecule is Cc1cc(NC(=O)c2cccn2C)sc1C(=O)O. The van der Waals surface area contributed by atoms with Gasteiger partial charge < -0.3 is 15.0 Å². The van der Waals surface area contributed by atoms with Crippen LogP contribution in [0.4, 0.5) is 5.00 Å². The normalized spacial score (nSPS) is 10.3. The molecule has 5 nitrogen and oxygen atoms in total. The minimum Gasteiger partial charge on any atom is -0.477 e. The Hall–Kier alpha value is -2.08. The number of anilines is 1. The summed E-state index contributed by atoms with van der Waals surface area (Å²) in [7, 11) is 1.78. The van der Waals surface area contributed by atoms with Gasteiger partial charge in [0.25, 0.3) is 5.91 Å². The Balaban J connectivity index is 2.20. The molecule has 0 aliphatic carbocycles. The van der Waals surface area contributed by atoms with Gasteiger partial charge >= 0.3 is 5.97 Å². The highest BCUT2D eigenvalue weighted by Crippen LogP contribution is 2.26. The van der Waals surface area contributed by atoms with Crippen molar-refractivity contribution in [3.63, 3.8) is 0 Å². The Morgan fingerprint density at radius 3 is 2.67 bits per heavy atom. The van der Waals surface area contributed by atoms with Crippen molar-refractivity contribution in [2.75, 3.05) is 5.32 Å². The van der Waals surface area contributed by atoms with Crippen molar-refractivity contribution in [1.82, 2.24) is 4.57 Å². The van der Waals surface area contributed by atoms with Crippen LogP contribution in [-0.4, -0.2) is 21.6 Å². The van der Waals surface area contributed by atoms with Gasteiger partial charge in [0.05, 0.1) is 5.00 Å². The number of aryl methyl sites for hydroxylation is 2. The molecule has 0 saturated carbocycles. The van der Waals surface area contributed by atoms with E-state index in [1.54, 1.807) is 42.9 Å². The lowest BCUT2D eigenvalue weighted by atomic mass is 10.3. The molecule has 18 heavy (non-hydrogen) atoms. The number of carboxylic acids is 1. The second-order valence-electron chi connectivity index (χ2n) is 3.89. The summed E-state index contributed by atoms with van der Waals surface area (Å²) in [5.41, 5.74) is 1.17. The number of rotatable bonds is 3. The molecule has 0 bridgehead atoms. The third-order valence-electron chi connectivity index (χ3n) is 2.53. The molecule has 0 unspecified atom stereocenters. The van der Waals surface area contributed by atoms with Gasteiger partial charge in [-0.05, 0) is 30.7 Å². The maximum atomic E-state index is 11.9. The standard InChI is InChI=1S/C12H12N2O3S/c1-7-6-9(18-10(7)12(16)17)13-11(15)8-4-3-5-14(8)2/h3-6H,1-2H3,(H,13,15)(H,16,17). The Labute approximate surface area is 108 Å². The number of carboxylic acid groups (broad SMARTS) is 1. The Bertz CT molecular complexity index is 613. The molecule has 0 atom stereocenters. The van der Waals surface area contributed by atoms with E-state index in [2.05, 4.69) is 5.32 Å². The van der Waals surface area contributed by atoms with Crippen LogP contribution in [0.5, 0.6) is 0 Å². The van der Waals surface area contributed by atoms with Gasteiger partial charge in [0.1, 0.15) is 10.6 Å². The van der Waals surface area contributed by atoms with Crippen LogP contribution < -0.4 is 5.32 Å². The molecule has 0 saturated heterocycles. The van der Waals surface area contributed by atoms with Crippen LogP contribution in [0, 0.1) is 6.92 Å². The van der Waals surface area contributed by atoms with Gasteiger partial charge in [0.15, 0.2) is 0 Å². The number of nitrogens with zero attached hydrogens (tertiary/aromatic N) is 1. The van der Waals surface area contributed by atoms with E-state index < -0.39 is 5.97 Å². The van der Waals surface area contributed by atoms with Crippen molar-refractivity contribution >= 4 is 28.2 Å². The van der Waals surface area contributed by atoms with Crippen LogP contribution in [0.15, 0.2) is 24.4 Å². The Kier molecular flexibility index (Phi) is 3.20. The van der Waals surface area contributed by atoms with E-state index in [1.165, 1.54) is 0 Å². The zero-order valence-corrected chi connectivity index (χ0v) is 10.7. The quantitative estimate of drug-likeness (QED) is 0.893. The number of hydrogen-bond donors (Lipinski definition) is 2. The molecular formula is C12H12N2O3S. The topological polar surface area (TPSA) is 71.3 Å². The highest BCUT2D eigenvalue weighted by Gasteiger charge is 2.15. The Morgan fingerprint density at radius 1 is 1.44 bits per heavy atom. The van der Waals surface area contributed by atoms with Crippen LogP contribution >= 0.6 is 11.3 Å². The van der Waals surface area contributed by atoms with Gasteiger partial charge in [0.2, 0.25) is 0 Å². The minimum absolute atomic E-state index is 0.247. The van der Waals surface area contributed by atoms with Crippen molar-refractivity contribution in [3.8, 4) is 0 Å². The van der Waals surface area contributed by atoms with Crippen LogP contribution in [0.25, 0.3) is 0 Å². The second kappa shape index (κ2) is 4.66. The summed E-state index contributed by atoms with van der Waals surface area (Å²) in [6, 6.07) is 5.14. The lowest BCUT2D eigenvalue weighted by Gasteiger charge is -2.03. The molecule has 2 N–H and O–H groups in total. The summed E-state index contributed by atoms with van der Waals surface area (Å²) in [4.78, 5) is 23.1. The van der Waals surface area contributed by atoms with Gasteiger partial charge in [-0.25, -0.2) is 4.79 Å². The molecule has 0 radical (unpaired) electrons. The summed E-state index contributed by atoms with van der Waals surface area (Å²) in [5, 5.41) is 12.2. The predicted octanol–water partition coefficient (Wildman–Crippen LogP) is 2.35. The summed E-state index contributed by atoms with van der Waals surface area (Å²) in [6.07, 6.45) is 1.78. The number of carbonyl (C=O) groups is 2. The van der Waals surface area contributed by atoms with Gasteiger partial charge in [-0.3, -0.25) is 4.79 Å². The van der Waals surface area contributed by atoms with Crippen LogP contribution in [0.1, 0.15) is 25.7 Å². The number of hydrogen-bond acceptors (Lipinski definition) is 3.